The van der Waals surface area contributed by atoms with E-state index in [1.165, 1.54) is 22.4 Å². The van der Waals surface area contributed by atoms with Gasteiger partial charge in [-0.3, -0.25) is 9.59 Å². The molecule has 4 heteroatoms. The molecule has 1 amide bonds. The lowest BCUT2D eigenvalue weighted by molar-refractivity contribution is -0.123. The highest BCUT2D eigenvalue weighted by Gasteiger charge is 2.63. The average molecular weight is 471 g/mol. The maximum absolute atomic E-state index is 12.6. The Kier molecular flexibility index (Phi) is 5.94. The van der Waals surface area contributed by atoms with Crippen molar-refractivity contribution in [1.82, 2.24) is 5.32 Å². The van der Waals surface area contributed by atoms with Gasteiger partial charge in [-0.1, -0.05) is 37.5 Å². The quantitative estimate of drug-likeness (QED) is 0.587. The molecule has 0 radical (unpaired) electrons. The molecule has 184 valence electrons. The van der Waals surface area contributed by atoms with E-state index in [0.29, 0.717) is 24.7 Å². The number of terminal acetylenes is 1. The molecule has 5 atom stereocenters. The van der Waals surface area contributed by atoms with E-state index >= 15 is 0 Å². The topological polar surface area (TPSA) is 49.4 Å². The first kappa shape index (κ1) is 23.9. The van der Waals surface area contributed by atoms with Crippen molar-refractivity contribution >= 4 is 17.4 Å². The Labute approximate surface area is 210 Å². The Hall–Kier alpha value is -2.80. The molecule has 35 heavy (non-hydrogen) atoms. The van der Waals surface area contributed by atoms with Crippen LogP contribution in [0.4, 0.5) is 5.69 Å². The molecule has 0 unspecified atom stereocenters. The number of carbonyl (C=O) groups is 2. The largest absolute Gasteiger partial charge is 0.378 e. The Bertz CT molecular complexity index is 1150. The van der Waals surface area contributed by atoms with E-state index in [1.54, 1.807) is 5.57 Å². The summed E-state index contributed by atoms with van der Waals surface area (Å²) >= 11 is 0. The van der Waals surface area contributed by atoms with Crippen molar-refractivity contribution in [3.05, 3.63) is 52.6 Å². The van der Waals surface area contributed by atoms with Crippen molar-refractivity contribution in [2.24, 2.45) is 17.3 Å². The van der Waals surface area contributed by atoms with Crippen molar-refractivity contribution in [1.29, 1.82) is 0 Å². The number of rotatable bonds is 4. The zero-order valence-electron chi connectivity index (χ0n) is 21.6. The van der Waals surface area contributed by atoms with Gasteiger partial charge in [0.15, 0.2) is 5.78 Å². The van der Waals surface area contributed by atoms with Crippen LogP contribution in [-0.4, -0.2) is 31.3 Å². The number of fused-ring (bicyclic) bond motifs is 4. The minimum absolute atomic E-state index is 0.0421. The van der Waals surface area contributed by atoms with Gasteiger partial charge in [-0.15, -0.1) is 6.42 Å². The van der Waals surface area contributed by atoms with E-state index in [4.69, 9.17) is 6.42 Å². The number of nitrogens with zero attached hydrogens (tertiary/aromatic N) is 1. The number of allylic oxidation sites excluding steroid dienone is 4. The van der Waals surface area contributed by atoms with Gasteiger partial charge in [-0.25, -0.2) is 0 Å². The van der Waals surface area contributed by atoms with Gasteiger partial charge in [0.2, 0.25) is 5.91 Å². The summed E-state index contributed by atoms with van der Waals surface area (Å²) in [4.78, 5) is 27.0. The monoisotopic (exact) mass is 470 g/mol. The SMILES string of the molecule is C#C[C@]1(NC(=O)CC)CC[C@H]2[C@@H]3CCC4=CC(=O)CCC4=C3[C@@H](c3ccc(N(C)C)cc3)C[C@@]21C. The van der Waals surface area contributed by atoms with E-state index in [9.17, 15) is 9.59 Å². The zero-order chi connectivity index (χ0) is 25.0. The summed E-state index contributed by atoms with van der Waals surface area (Å²) in [6, 6.07) is 8.96. The molecular formula is C31H38N2O2. The van der Waals surface area contributed by atoms with Crippen LogP contribution in [0.15, 0.2) is 47.1 Å². The number of hydrogen-bond acceptors (Lipinski definition) is 3. The van der Waals surface area contributed by atoms with Crippen LogP contribution >= 0.6 is 0 Å². The maximum atomic E-state index is 12.6. The highest BCUT2D eigenvalue weighted by molar-refractivity contribution is 5.93. The fourth-order valence-corrected chi connectivity index (χ4v) is 7.80. The lowest BCUT2D eigenvalue weighted by Crippen LogP contribution is -2.59. The van der Waals surface area contributed by atoms with E-state index < -0.39 is 5.54 Å². The fourth-order valence-electron chi connectivity index (χ4n) is 7.80. The number of anilines is 1. The molecule has 0 heterocycles. The minimum atomic E-state index is -0.610. The second kappa shape index (κ2) is 8.70. The van der Waals surface area contributed by atoms with Crippen LogP contribution in [0.5, 0.6) is 0 Å². The molecule has 4 aliphatic rings. The van der Waals surface area contributed by atoms with Crippen LogP contribution < -0.4 is 10.2 Å². The summed E-state index contributed by atoms with van der Waals surface area (Å²) < 4.78 is 0. The van der Waals surface area contributed by atoms with Crippen molar-refractivity contribution in [2.75, 3.05) is 19.0 Å². The molecule has 0 aliphatic heterocycles. The molecule has 5 rings (SSSR count). The van der Waals surface area contributed by atoms with E-state index in [-0.39, 0.29) is 23.0 Å². The summed E-state index contributed by atoms with van der Waals surface area (Å²) in [5.74, 6) is 4.57. The first-order valence-electron chi connectivity index (χ1n) is 13.3. The molecule has 1 aromatic rings. The van der Waals surface area contributed by atoms with Crippen molar-refractivity contribution in [3.8, 4) is 12.3 Å². The fraction of sp³-hybridized carbons (Fsp3) is 0.548. The second-order valence-corrected chi connectivity index (χ2v) is 11.5. The van der Waals surface area contributed by atoms with Gasteiger partial charge in [-0.2, -0.15) is 0 Å². The molecule has 1 aromatic carbocycles. The standard InChI is InChI=1S/C31H38N2O2/c1-6-28(35)32-31(7-2)17-16-27-25-14-10-21-18-23(34)13-15-24(21)29(25)26(19-30(27,31)3)20-8-11-22(12-9-20)33(4)5/h2,8-9,11-12,18,25-27H,6,10,13-17,19H2,1,3-5H3,(H,32,35)/t25-,26+,27-,30-,31-/m0/s1. The van der Waals surface area contributed by atoms with Crippen LogP contribution in [0.25, 0.3) is 0 Å². The summed E-state index contributed by atoms with van der Waals surface area (Å²) in [6.45, 7) is 4.24. The molecule has 2 saturated carbocycles. The lowest BCUT2D eigenvalue weighted by atomic mass is 9.50. The summed E-state index contributed by atoms with van der Waals surface area (Å²) in [5.41, 5.74) is 5.99. The smallest absolute Gasteiger partial charge is 0.220 e. The molecular weight excluding hydrogens is 432 g/mol. The van der Waals surface area contributed by atoms with Crippen LogP contribution in [0.3, 0.4) is 0 Å². The molecule has 0 aromatic heterocycles. The molecule has 2 fully saturated rings. The van der Waals surface area contributed by atoms with Crippen molar-refractivity contribution in [3.63, 3.8) is 0 Å². The van der Waals surface area contributed by atoms with Gasteiger partial charge in [0, 0.05) is 44.0 Å². The van der Waals surface area contributed by atoms with Crippen LogP contribution in [0, 0.1) is 29.6 Å². The second-order valence-electron chi connectivity index (χ2n) is 11.5. The molecule has 0 saturated heterocycles. The van der Waals surface area contributed by atoms with E-state index in [1.807, 2.05) is 13.0 Å². The molecule has 0 spiro atoms. The zero-order valence-corrected chi connectivity index (χ0v) is 21.6. The highest BCUT2D eigenvalue weighted by atomic mass is 16.1. The Balaban J connectivity index is 1.66. The number of carbonyl (C=O) groups excluding carboxylic acids is 2. The van der Waals surface area contributed by atoms with Gasteiger partial charge < -0.3 is 10.2 Å². The van der Waals surface area contributed by atoms with Crippen molar-refractivity contribution in [2.45, 2.75) is 76.7 Å². The number of amides is 1. The van der Waals surface area contributed by atoms with Crippen LogP contribution in [-0.2, 0) is 9.59 Å². The third-order valence-corrected chi connectivity index (χ3v) is 9.66. The Morgan fingerprint density at radius 1 is 1.17 bits per heavy atom. The predicted octanol–water partition coefficient (Wildman–Crippen LogP) is 5.55. The number of ketones is 1. The van der Waals surface area contributed by atoms with Gasteiger partial charge in [-0.05, 0) is 85.3 Å². The van der Waals surface area contributed by atoms with Gasteiger partial charge in [0.1, 0.15) is 5.54 Å². The Morgan fingerprint density at radius 2 is 1.91 bits per heavy atom. The normalized spacial score (nSPS) is 33.7. The molecule has 1 N–H and O–H groups in total. The van der Waals surface area contributed by atoms with Crippen LogP contribution in [0.2, 0.25) is 0 Å². The average Bonchev–Trinajstić information content (AvgIpc) is 3.15. The number of hydrogen-bond donors (Lipinski definition) is 1. The first-order chi connectivity index (χ1) is 16.7. The van der Waals surface area contributed by atoms with Gasteiger partial charge >= 0.3 is 0 Å². The third-order valence-electron chi connectivity index (χ3n) is 9.66. The summed E-state index contributed by atoms with van der Waals surface area (Å²) in [5, 5.41) is 3.33. The first-order valence-corrected chi connectivity index (χ1v) is 13.3. The van der Waals surface area contributed by atoms with E-state index in [0.717, 1.165) is 38.5 Å². The van der Waals surface area contributed by atoms with Crippen LogP contribution in [0.1, 0.15) is 76.7 Å². The Morgan fingerprint density at radius 3 is 2.57 bits per heavy atom. The maximum Gasteiger partial charge on any atom is 0.220 e. The van der Waals surface area contributed by atoms with Crippen molar-refractivity contribution < 1.29 is 9.59 Å². The molecule has 0 bridgehead atoms. The third kappa shape index (κ3) is 3.66. The minimum Gasteiger partial charge on any atom is -0.378 e. The number of nitrogens with one attached hydrogen (secondary N) is 1. The lowest BCUT2D eigenvalue weighted by Gasteiger charge is -2.55. The highest BCUT2D eigenvalue weighted by Crippen LogP contribution is 2.66. The van der Waals surface area contributed by atoms with Gasteiger partial charge in [0.05, 0.1) is 0 Å². The van der Waals surface area contributed by atoms with E-state index in [2.05, 4.69) is 61.4 Å². The predicted molar refractivity (Wildman–Crippen MR) is 141 cm³/mol. The molecule has 4 aliphatic carbocycles. The number of benzene rings is 1. The summed E-state index contributed by atoms with van der Waals surface area (Å²) in [7, 11) is 4.13. The molecule has 4 nitrogen and oxygen atoms in total. The van der Waals surface area contributed by atoms with Gasteiger partial charge in [0.25, 0.3) is 0 Å². The summed E-state index contributed by atoms with van der Waals surface area (Å²) in [6.07, 6.45) is 14.9.